The van der Waals surface area contributed by atoms with Crippen molar-refractivity contribution in [2.24, 2.45) is 5.73 Å². The zero-order valence-electron chi connectivity index (χ0n) is 12.0. The minimum atomic E-state index is -0.335. The first-order valence-electron chi connectivity index (χ1n) is 7.42. The summed E-state index contributed by atoms with van der Waals surface area (Å²) in [5, 5.41) is 2.98. The van der Waals surface area contributed by atoms with E-state index in [0.29, 0.717) is 6.04 Å². The molecule has 1 unspecified atom stereocenters. The van der Waals surface area contributed by atoms with Gasteiger partial charge in [0.2, 0.25) is 5.91 Å². The number of nitrogens with two attached hydrogens (primary N) is 1. The van der Waals surface area contributed by atoms with Gasteiger partial charge < -0.3 is 11.1 Å². The Kier molecular flexibility index (Phi) is 7.28. The lowest BCUT2D eigenvalue weighted by atomic mass is 10.1. The van der Waals surface area contributed by atoms with Crippen LogP contribution in [0.2, 0.25) is 0 Å². The Labute approximate surface area is 111 Å². The van der Waals surface area contributed by atoms with Crippen molar-refractivity contribution in [1.29, 1.82) is 0 Å². The standard InChI is InChI=1S/C14H29N3O/c1-3-4-8-13(15)14(18)16-11-12(2)17-9-6-5-7-10-17/h12-13H,3-11,15H2,1-2H3,(H,16,18)/t12?,13-/m0/s1. The van der Waals surface area contributed by atoms with Crippen molar-refractivity contribution >= 4 is 5.91 Å². The lowest BCUT2D eigenvalue weighted by Gasteiger charge is -2.32. The van der Waals surface area contributed by atoms with E-state index >= 15 is 0 Å². The molecule has 1 aliphatic rings. The lowest BCUT2D eigenvalue weighted by Crippen LogP contribution is -2.48. The van der Waals surface area contributed by atoms with Crippen LogP contribution < -0.4 is 11.1 Å². The van der Waals surface area contributed by atoms with Crippen LogP contribution in [0.15, 0.2) is 0 Å². The number of unbranched alkanes of at least 4 members (excludes halogenated alkanes) is 1. The summed E-state index contributed by atoms with van der Waals surface area (Å²) in [5.41, 5.74) is 5.84. The van der Waals surface area contributed by atoms with E-state index in [1.54, 1.807) is 0 Å². The summed E-state index contributed by atoms with van der Waals surface area (Å²) in [6.45, 7) is 7.35. The molecule has 3 N–H and O–H groups in total. The summed E-state index contributed by atoms with van der Waals surface area (Å²) < 4.78 is 0. The van der Waals surface area contributed by atoms with Crippen LogP contribution in [0.3, 0.4) is 0 Å². The Hall–Kier alpha value is -0.610. The van der Waals surface area contributed by atoms with Gasteiger partial charge in [0.25, 0.3) is 0 Å². The highest BCUT2D eigenvalue weighted by Crippen LogP contribution is 2.11. The van der Waals surface area contributed by atoms with E-state index in [2.05, 4.69) is 24.1 Å². The predicted octanol–water partition coefficient (Wildman–Crippen LogP) is 1.49. The molecular weight excluding hydrogens is 226 g/mol. The third kappa shape index (κ3) is 5.36. The Balaban J connectivity index is 2.20. The molecule has 0 aromatic heterocycles. The van der Waals surface area contributed by atoms with Crippen LogP contribution in [0.1, 0.15) is 52.4 Å². The summed E-state index contributed by atoms with van der Waals surface area (Å²) in [6, 6.07) is 0.0890. The van der Waals surface area contributed by atoms with Crippen LogP contribution in [0.4, 0.5) is 0 Å². The zero-order chi connectivity index (χ0) is 13.4. The number of nitrogens with zero attached hydrogens (tertiary/aromatic N) is 1. The normalized spacial score (nSPS) is 20.4. The SMILES string of the molecule is CCCC[C@H](N)C(=O)NCC(C)N1CCCCC1. The monoisotopic (exact) mass is 255 g/mol. The van der Waals surface area contributed by atoms with E-state index in [-0.39, 0.29) is 11.9 Å². The van der Waals surface area contributed by atoms with Gasteiger partial charge in [0.1, 0.15) is 0 Å². The maximum Gasteiger partial charge on any atom is 0.236 e. The van der Waals surface area contributed by atoms with Crippen molar-refractivity contribution in [3.05, 3.63) is 0 Å². The first kappa shape index (κ1) is 15.4. The maximum atomic E-state index is 11.8. The summed E-state index contributed by atoms with van der Waals surface area (Å²) in [4.78, 5) is 14.2. The first-order chi connectivity index (χ1) is 8.65. The van der Waals surface area contributed by atoms with Crippen molar-refractivity contribution in [1.82, 2.24) is 10.2 Å². The molecule has 0 aromatic carbocycles. The number of hydrogen-bond acceptors (Lipinski definition) is 3. The molecule has 0 aliphatic carbocycles. The van der Waals surface area contributed by atoms with Crippen LogP contribution in [-0.2, 0) is 4.79 Å². The molecule has 1 aliphatic heterocycles. The van der Waals surface area contributed by atoms with Crippen molar-refractivity contribution in [2.45, 2.75) is 64.5 Å². The summed E-state index contributed by atoms with van der Waals surface area (Å²) >= 11 is 0. The third-order valence-electron chi connectivity index (χ3n) is 3.79. The average Bonchev–Trinajstić information content (AvgIpc) is 2.42. The van der Waals surface area contributed by atoms with Crippen LogP contribution >= 0.6 is 0 Å². The summed E-state index contributed by atoms with van der Waals surface area (Å²) in [7, 11) is 0. The van der Waals surface area contributed by atoms with Gasteiger partial charge in [-0.2, -0.15) is 0 Å². The summed E-state index contributed by atoms with van der Waals surface area (Å²) in [6.07, 6.45) is 6.82. The quantitative estimate of drug-likeness (QED) is 0.725. The average molecular weight is 255 g/mol. The molecule has 0 spiro atoms. The molecular formula is C14H29N3O. The minimum absolute atomic E-state index is 0.00677. The van der Waals surface area contributed by atoms with Crippen molar-refractivity contribution in [3.63, 3.8) is 0 Å². The Morgan fingerprint density at radius 3 is 2.61 bits per heavy atom. The van der Waals surface area contributed by atoms with Crippen LogP contribution in [0.25, 0.3) is 0 Å². The predicted molar refractivity (Wildman–Crippen MR) is 75.4 cm³/mol. The maximum absolute atomic E-state index is 11.8. The van der Waals surface area contributed by atoms with Crippen molar-refractivity contribution in [2.75, 3.05) is 19.6 Å². The highest BCUT2D eigenvalue weighted by molar-refractivity contribution is 5.81. The van der Waals surface area contributed by atoms with Gasteiger partial charge in [0.05, 0.1) is 6.04 Å². The van der Waals surface area contributed by atoms with Crippen LogP contribution in [-0.4, -0.2) is 42.5 Å². The second kappa shape index (κ2) is 8.48. The molecule has 2 atom stereocenters. The first-order valence-corrected chi connectivity index (χ1v) is 7.42. The van der Waals surface area contributed by atoms with E-state index < -0.39 is 0 Å². The third-order valence-corrected chi connectivity index (χ3v) is 3.79. The number of carbonyl (C=O) groups is 1. The van der Waals surface area contributed by atoms with E-state index in [1.807, 2.05) is 0 Å². The summed E-state index contributed by atoms with van der Waals surface area (Å²) in [5.74, 6) is 0.00677. The molecule has 1 saturated heterocycles. The molecule has 0 aromatic rings. The number of piperidine rings is 1. The van der Waals surface area contributed by atoms with E-state index in [9.17, 15) is 4.79 Å². The molecule has 1 heterocycles. The van der Waals surface area contributed by atoms with E-state index in [0.717, 1.165) is 25.8 Å². The molecule has 4 heteroatoms. The smallest absolute Gasteiger partial charge is 0.236 e. The Bertz CT molecular complexity index is 239. The number of hydrogen-bond donors (Lipinski definition) is 2. The van der Waals surface area contributed by atoms with Gasteiger partial charge in [-0.05, 0) is 39.3 Å². The fraction of sp³-hybridized carbons (Fsp3) is 0.929. The Morgan fingerprint density at radius 2 is 2.00 bits per heavy atom. The van der Waals surface area contributed by atoms with Gasteiger partial charge in [-0.3, -0.25) is 9.69 Å². The molecule has 1 fully saturated rings. The topological polar surface area (TPSA) is 58.4 Å². The number of rotatable bonds is 7. The van der Waals surface area contributed by atoms with Crippen LogP contribution in [0.5, 0.6) is 0 Å². The van der Waals surface area contributed by atoms with Gasteiger partial charge in [-0.1, -0.05) is 26.2 Å². The van der Waals surface area contributed by atoms with Crippen molar-refractivity contribution < 1.29 is 4.79 Å². The van der Waals surface area contributed by atoms with E-state index in [1.165, 1.54) is 32.4 Å². The molecule has 4 nitrogen and oxygen atoms in total. The highest BCUT2D eigenvalue weighted by Gasteiger charge is 2.18. The van der Waals surface area contributed by atoms with Gasteiger partial charge in [-0.25, -0.2) is 0 Å². The number of nitrogens with one attached hydrogen (secondary N) is 1. The lowest BCUT2D eigenvalue weighted by molar-refractivity contribution is -0.122. The number of likely N-dealkylation sites (tertiary alicyclic amines) is 1. The number of amides is 1. The van der Waals surface area contributed by atoms with Crippen LogP contribution in [0, 0.1) is 0 Å². The molecule has 18 heavy (non-hydrogen) atoms. The van der Waals surface area contributed by atoms with E-state index in [4.69, 9.17) is 5.73 Å². The molecule has 1 rings (SSSR count). The second-order valence-corrected chi connectivity index (χ2v) is 5.44. The van der Waals surface area contributed by atoms with Gasteiger partial charge in [0.15, 0.2) is 0 Å². The largest absolute Gasteiger partial charge is 0.353 e. The molecule has 0 radical (unpaired) electrons. The van der Waals surface area contributed by atoms with Gasteiger partial charge in [-0.15, -0.1) is 0 Å². The van der Waals surface area contributed by atoms with Gasteiger partial charge >= 0.3 is 0 Å². The zero-order valence-corrected chi connectivity index (χ0v) is 12.0. The van der Waals surface area contributed by atoms with Crippen molar-refractivity contribution in [3.8, 4) is 0 Å². The number of carbonyl (C=O) groups excluding carboxylic acids is 1. The second-order valence-electron chi connectivity index (χ2n) is 5.44. The highest BCUT2D eigenvalue weighted by atomic mass is 16.2. The molecule has 0 saturated carbocycles. The Morgan fingerprint density at radius 1 is 1.33 bits per heavy atom. The molecule has 106 valence electrons. The molecule has 1 amide bonds. The van der Waals surface area contributed by atoms with Gasteiger partial charge in [0, 0.05) is 12.6 Å². The molecule has 0 bridgehead atoms. The minimum Gasteiger partial charge on any atom is -0.353 e. The fourth-order valence-corrected chi connectivity index (χ4v) is 2.42. The fourth-order valence-electron chi connectivity index (χ4n) is 2.42.